The molecule has 0 atom stereocenters. The van der Waals surface area contributed by atoms with E-state index in [2.05, 4.69) is 25.6 Å². The summed E-state index contributed by atoms with van der Waals surface area (Å²) in [4.78, 5) is 0. The maximum absolute atomic E-state index is 2.42. The van der Waals surface area contributed by atoms with Gasteiger partial charge in [-0.1, -0.05) is 13.8 Å². The van der Waals surface area contributed by atoms with Crippen LogP contribution in [0.4, 0.5) is 0 Å². The molecule has 0 amide bonds. The van der Waals surface area contributed by atoms with Crippen LogP contribution in [-0.2, 0) is 0 Å². The Balaban J connectivity index is 1.68. The summed E-state index contributed by atoms with van der Waals surface area (Å²) >= 11 is 2.35. The standard InChI is InChI=1S/C14H26S/c1-11-3-7-13(8-4-11)15-14-9-5-12(2)6-10-14/h11-14H,3-10H2,1-2H3. The lowest BCUT2D eigenvalue weighted by Gasteiger charge is -2.32. The summed E-state index contributed by atoms with van der Waals surface area (Å²) in [6.45, 7) is 4.84. The van der Waals surface area contributed by atoms with Crippen LogP contribution in [0.2, 0.25) is 0 Å². The summed E-state index contributed by atoms with van der Waals surface area (Å²) in [5.74, 6) is 2.02. The highest BCUT2D eigenvalue weighted by Gasteiger charge is 2.24. The molecule has 0 radical (unpaired) electrons. The second-order valence-electron chi connectivity index (χ2n) is 5.90. The Kier molecular flexibility index (Phi) is 4.42. The van der Waals surface area contributed by atoms with E-state index in [1.54, 1.807) is 0 Å². The molecule has 0 aliphatic heterocycles. The smallest absolute Gasteiger partial charge is 0.00500 e. The molecule has 0 unspecified atom stereocenters. The monoisotopic (exact) mass is 226 g/mol. The first-order valence-corrected chi connectivity index (χ1v) is 7.83. The van der Waals surface area contributed by atoms with Gasteiger partial charge in [-0.15, -0.1) is 0 Å². The maximum Gasteiger partial charge on any atom is 0.00500 e. The Labute approximate surface area is 99.6 Å². The Morgan fingerprint density at radius 2 is 0.933 bits per heavy atom. The third kappa shape index (κ3) is 3.69. The van der Waals surface area contributed by atoms with E-state index >= 15 is 0 Å². The van der Waals surface area contributed by atoms with Crippen molar-refractivity contribution in [1.82, 2.24) is 0 Å². The van der Waals surface area contributed by atoms with Gasteiger partial charge < -0.3 is 0 Å². The highest BCUT2D eigenvalue weighted by atomic mass is 32.2. The van der Waals surface area contributed by atoms with Gasteiger partial charge in [0.2, 0.25) is 0 Å². The molecule has 2 aliphatic carbocycles. The molecule has 0 aromatic rings. The molecule has 0 nitrogen and oxygen atoms in total. The van der Waals surface area contributed by atoms with Gasteiger partial charge in [0.05, 0.1) is 0 Å². The van der Waals surface area contributed by atoms with E-state index in [1.165, 1.54) is 51.4 Å². The predicted octanol–water partition coefficient (Wildman–Crippen LogP) is 4.88. The van der Waals surface area contributed by atoms with Gasteiger partial charge in [0.1, 0.15) is 0 Å². The van der Waals surface area contributed by atoms with Crippen LogP contribution in [0.15, 0.2) is 0 Å². The Hall–Kier alpha value is 0.350. The van der Waals surface area contributed by atoms with Crippen LogP contribution in [-0.4, -0.2) is 10.5 Å². The van der Waals surface area contributed by atoms with E-state index in [0.717, 1.165) is 22.3 Å². The Morgan fingerprint density at radius 1 is 0.600 bits per heavy atom. The Morgan fingerprint density at radius 3 is 1.27 bits per heavy atom. The van der Waals surface area contributed by atoms with E-state index in [0.29, 0.717) is 0 Å². The first-order valence-electron chi connectivity index (χ1n) is 6.89. The van der Waals surface area contributed by atoms with E-state index < -0.39 is 0 Å². The van der Waals surface area contributed by atoms with Gasteiger partial charge in [-0.3, -0.25) is 0 Å². The molecular weight excluding hydrogens is 200 g/mol. The minimum atomic E-state index is 1.01. The first kappa shape index (κ1) is 11.8. The second kappa shape index (κ2) is 5.61. The average Bonchev–Trinajstić information content (AvgIpc) is 2.25. The van der Waals surface area contributed by atoms with Gasteiger partial charge in [-0.2, -0.15) is 11.8 Å². The molecule has 0 saturated heterocycles. The zero-order valence-electron chi connectivity index (χ0n) is 10.4. The van der Waals surface area contributed by atoms with E-state index in [4.69, 9.17) is 0 Å². The van der Waals surface area contributed by atoms with Crippen molar-refractivity contribution < 1.29 is 0 Å². The largest absolute Gasteiger partial charge is 0.155 e. The van der Waals surface area contributed by atoms with Crippen LogP contribution < -0.4 is 0 Å². The molecule has 88 valence electrons. The van der Waals surface area contributed by atoms with Crippen LogP contribution in [0.1, 0.15) is 65.2 Å². The summed E-state index contributed by atoms with van der Waals surface area (Å²) in [6.07, 6.45) is 11.9. The van der Waals surface area contributed by atoms with Crippen molar-refractivity contribution in [2.45, 2.75) is 75.7 Å². The minimum Gasteiger partial charge on any atom is -0.155 e. The molecule has 2 aliphatic rings. The predicted molar refractivity (Wildman–Crippen MR) is 70.4 cm³/mol. The zero-order valence-corrected chi connectivity index (χ0v) is 11.2. The molecule has 0 aromatic heterocycles. The molecule has 2 saturated carbocycles. The highest BCUT2D eigenvalue weighted by Crippen LogP contribution is 2.39. The zero-order chi connectivity index (χ0) is 10.7. The average molecular weight is 226 g/mol. The summed E-state index contributed by atoms with van der Waals surface area (Å²) in [5, 5.41) is 2.03. The SMILES string of the molecule is CC1CCC(SC2CCC(C)CC2)CC1. The lowest BCUT2D eigenvalue weighted by molar-refractivity contribution is 0.380. The van der Waals surface area contributed by atoms with Crippen molar-refractivity contribution in [3.8, 4) is 0 Å². The highest BCUT2D eigenvalue weighted by molar-refractivity contribution is 8.00. The summed E-state index contributed by atoms with van der Waals surface area (Å²) < 4.78 is 0. The van der Waals surface area contributed by atoms with Crippen molar-refractivity contribution in [3.05, 3.63) is 0 Å². The molecule has 1 heteroatoms. The van der Waals surface area contributed by atoms with Gasteiger partial charge in [0, 0.05) is 10.5 Å². The van der Waals surface area contributed by atoms with Crippen molar-refractivity contribution in [3.63, 3.8) is 0 Å². The molecule has 15 heavy (non-hydrogen) atoms. The number of thioether (sulfide) groups is 1. The fourth-order valence-electron chi connectivity index (χ4n) is 3.00. The molecular formula is C14H26S. The van der Waals surface area contributed by atoms with E-state index in [1.807, 2.05) is 0 Å². The van der Waals surface area contributed by atoms with Gasteiger partial charge in [-0.05, 0) is 63.2 Å². The van der Waals surface area contributed by atoms with Gasteiger partial charge in [0.25, 0.3) is 0 Å². The van der Waals surface area contributed by atoms with Crippen molar-refractivity contribution in [2.75, 3.05) is 0 Å². The topological polar surface area (TPSA) is 0 Å². The van der Waals surface area contributed by atoms with Crippen LogP contribution in [0.5, 0.6) is 0 Å². The summed E-state index contributed by atoms with van der Waals surface area (Å²) in [7, 11) is 0. The van der Waals surface area contributed by atoms with Crippen LogP contribution >= 0.6 is 11.8 Å². The third-order valence-electron chi connectivity index (χ3n) is 4.31. The quantitative estimate of drug-likeness (QED) is 0.647. The van der Waals surface area contributed by atoms with Gasteiger partial charge in [-0.25, -0.2) is 0 Å². The van der Waals surface area contributed by atoms with Gasteiger partial charge in [0.15, 0.2) is 0 Å². The molecule has 0 heterocycles. The third-order valence-corrected chi connectivity index (χ3v) is 6.02. The van der Waals surface area contributed by atoms with Crippen molar-refractivity contribution in [1.29, 1.82) is 0 Å². The fourth-order valence-corrected chi connectivity index (χ4v) is 4.64. The van der Waals surface area contributed by atoms with Crippen molar-refractivity contribution >= 4 is 11.8 Å². The van der Waals surface area contributed by atoms with Crippen LogP contribution in [0, 0.1) is 11.8 Å². The lowest BCUT2D eigenvalue weighted by atomic mass is 9.90. The maximum atomic E-state index is 2.42. The molecule has 2 rings (SSSR count). The molecule has 0 aromatic carbocycles. The number of hydrogen-bond donors (Lipinski definition) is 0. The second-order valence-corrected chi connectivity index (χ2v) is 7.51. The fraction of sp³-hybridized carbons (Fsp3) is 1.00. The molecule has 0 bridgehead atoms. The summed E-state index contributed by atoms with van der Waals surface area (Å²) in [6, 6.07) is 0. The van der Waals surface area contributed by atoms with Gasteiger partial charge >= 0.3 is 0 Å². The van der Waals surface area contributed by atoms with Crippen LogP contribution in [0.3, 0.4) is 0 Å². The van der Waals surface area contributed by atoms with E-state index in [9.17, 15) is 0 Å². The Bertz CT molecular complexity index is 154. The number of hydrogen-bond acceptors (Lipinski definition) is 1. The minimum absolute atomic E-state index is 1.01. The van der Waals surface area contributed by atoms with Crippen molar-refractivity contribution in [2.24, 2.45) is 11.8 Å². The summed E-state index contributed by atoms with van der Waals surface area (Å²) in [5.41, 5.74) is 0. The number of rotatable bonds is 2. The lowest BCUT2D eigenvalue weighted by Crippen LogP contribution is -2.21. The molecule has 0 N–H and O–H groups in total. The molecule has 2 fully saturated rings. The van der Waals surface area contributed by atoms with E-state index in [-0.39, 0.29) is 0 Å². The van der Waals surface area contributed by atoms with Crippen LogP contribution in [0.25, 0.3) is 0 Å². The first-order chi connectivity index (χ1) is 7.24. The normalized spacial score (nSPS) is 42.8. The molecule has 0 spiro atoms.